The fraction of sp³-hybridized carbons (Fsp3) is 0.938. The summed E-state index contributed by atoms with van der Waals surface area (Å²) in [6, 6.07) is 0.961. The molecule has 118 valence electrons. The molecule has 4 nitrogen and oxygen atoms in total. The molecule has 1 rings (SSSR count). The lowest BCUT2D eigenvalue weighted by Gasteiger charge is -2.15. The van der Waals surface area contributed by atoms with Crippen LogP contribution in [0.25, 0.3) is 0 Å². The minimum absolute atomic E-state index is 0.201. The fourth-order valence-electron chi connectivity index (χ4n) is 2.67. The molecule has 1 heterocycles. The molecule has 1 fully saturated rings. The van der Waals surface area contributed by atoms with E-state index in [0.717, 1.165) is 26.1 Å². The summed E-state index contributed by atoms with van der Waals surface area (Å²) in [6.07, 6.45) is 9.76. The van der Waals surface area contributed by atoms with E-state index in [1.54, 1.807) is 0 Å². The highest BCUT2D eigenvalue weighted by Crippen LogP contribution is 2.07. The molecule has 2 atom stereocenters. The highest BCUT2D eigenvalue weighted by Gasteiger charge is 2.19. The van der Waals surface area contributed by atoms with E-state index < -0.39 is 0 Å². The molecule has 2 unspecified atom stereocenters. The van der Waals surface area contributed by atoms with E-state index in [9.17, 15) is 4.79 Å². The molecule has 0 radical (unpaired) electrons. The molecular weight excluding hydrogens is 250 g/mol. The normalized spacial score (nSPS) is 20.1. The molecule has 20 heavy (non-hydrogen) atoms. The van der Waals surface area contributed by atoms with E-state index in [4.69, 9.17) is 0 Å². The Bertz CT molecular complexity index is 258. The van der Waals surface area contributed by atoms with Crippen molar-refractivity contribution in [3.05, 3.63) is 0 Å². The Kier molecular flexibility index (Phi) is 9.67. The SMILES string of the molecule is CCCCCCCC(C)NCCNCC1CCC(=O)N1. The molecule has 0 aromatic carbocycles. The van der Waals surface area contributed by atoms with Crippen LogP contribution in [0.15, 0.2) is 0 Å². The van der Waals surface area contributed by atoms with E-state index in [1.807, 2.05) is 0 Å². The summed E-state index contributed by atoms with van der Waals surface area (Å²) >= 11 is 0. The lowest BCUT2D eigenvalue weighted by molar-refractivity contribution is -0.119. The number of amides is 1. The predicted octanol–water partition coefficient (Wildman–Crippen LogP) is 2.19. The first-order valence-electron chi connectivity index (χ1n) is 8.45. The van der Waals surface area contributed by atoms with Gasteiger partial charge in [0.15, 0.2) is 0 Å². The van der Waals surface area contributed by atoms with Crippen LogP contribution in [0.4, 0.5) is 0 Å². The summed E-state index contributed by atoms with van der Waals surface area (Å²) in [5.41, 5.74) is 0. The molecule has 1 aliphatic heterocycles. The van der Waals surface area contributed by atoms with E-state index in [0.29, 0.717) is 18.5 Å². The minimum atomic E-state index is 0.201. The van der Waals surface area contributed by atoms with Crippen LogP contribution in [-0.4, -0.2) is 37.6 Å². The van der Waals surface area contributed by atoms with Crippen molar-refractivity contribution in [2.45, 2.75) is 77.3 Å². The first kappa shape index (κ1) is 17.4. The molecule has 1 aliphatic rings. The highest BCUT2D eigenvalue weighted by molar-refractivity contribution is 5.78. The summed E-state index contributed by atoms with van der Waals surface area (Å²) in [6.45, 7) is 7.42. The number of carbonyl (C=O) groups excluding carboxylic acids is 1. The Balaban J connectivity index is 1.84. The number of carbonyl (C=O) groups is 1. The van der Waals surface area contributed by atoms with E-state index in [-0.39, 0.29) is 5.91 Å². The first-order chi connectivity index (χ1) is 9.72. The second-order valence-corrected chi connectivity index (χ2v) is 6.07. The summed E-state index contributed by atoms with van der Waals surface area (Å²) in [7, 11) is 0. The van der Waals surface area contributed by atoms with Crippen LogP contribution in [0, 0.1) is 0 Å². The summed E-state index contributed by atoms with van der Waals surface area (Å²) in [4.78, 5) is 11.0. The van der Waals surface area contributed by atoms with Gasteiger partial charge >= 0.3 is 0 Å². The van der Waals surface area contributed by atoms with Gasteiger partial charge in [-0.2, -0.15) is 0 Å². The van der Waals surface area contributed by atoms with E-state index in [2.05, 4.69) is 29.8 Å². The van der Waals surface area contributed by atoms with Gasteiger partial charge in [-0.15, -0.1) is 0 Å². The maximum absolute atomic E-state index is 11.0. The molecule has 0 aliphatic carbocycles. The van der Waals surface area contributed by atoms with Gasteiger partial charge in [-0.25, -0.2) is 0 Å². The Morgan fingerprint density at radius 2 is 2.05 bits per heavy atom. The maximum Gasteiger partial charge on any atom is 0.220 e. The van der Waals surface area contributed by atoms with Crippen LogP contribution in [0.5, 0.6) is 0 Å². The standard InChI is InChI=1S/C16H33N3O/c1-3-4-5-6-7-8-14(2)18-12-11-17-13-15-9-10-16(20)19-15/h14-15,17-18H,3-13H2,1-2H3,(H,19,20). The van der Waals surface area contributed by atoms with Crippen molar-refractivity contribution < 1.29 is 4.79 Å². The van der Waals surface area contributed by atoms with Crippen LogP contribution < -0.4 is 16.0 Å². The highest BCUT2D eigenvalue weighted by atomic mass is 16.1. The molecule has 0 bridgehead atoms. The maximum atomic E-state index is 11.0. The van der Waals surface area contributed by atoms with E-state index in [1.165, 1.54) is 38.5 Å². The van der Waals surface area contributed by atoms with Gasteiger partial charge in [0.2, 0.25) is 5.91 Å². The van der Waals surface area contributed by atoms with Crippen molar-refractivity contribution >= 4 is 5.91 Å². The molecule has 1 amide bonds. The van der Waals surface area contributed by atoms with Crippen molar-refractivity contribution in [1.82, 2.24) is 16.0 Å². The van der Waals surface area contributed by atoms with Crippen LogP contribution in [-0.2, 0) is 4.79 Å². The predicted molar refractivity (Wildman–Crippen MR) is 84.9 cm³/mol. The van der Waals surface area contributed by atoms with Crippen LogP contribution in [0.1, 0.15) is 65.2 Å². The third-order valence-corrected chi connectivity index (χ3v) is 4.01. The van der Waals surface area contributed by atoms with Crippen LogP contribution in [0.3, 0.4) is 0 Å². The Hall–Kier alpha value is -0.610. The van der Waals surface area contributed by atoms with Crippen molar-refractivity contribution in [3.8, 4) is 0 Å². The van der Waals surface area contributed by atoms with Gasteiger partial charge in [-0.1, -0.05) is 39.0 Å². The zero-order valence-corrected chi connectivity index (χ0v) is 13.3. The van der Waals surface area contributed by atoms with Gasteiger partial charge in [-0.3, -0.25) is 4.79 Å². The monoisotopic (exact) mass is 283 g/mol. The van der Waals surface area contributed by atoms with Gasteiger partial charge in [-0.05, 0) is 19.8 Å². The molecule has 3 N–H and O–H groups in total. The van der Waals surface area contributed by atoms with Gasteiger partial charge < -0.3 is 16.0 Å². The second kappa shape index (κ2) is 11.1. The molecule has 4 heteroatoms. The quantitative estimate of drug-likeness (QED) is 0.481. The zero-order chi connectivity index (χ0) is 14.6. The third-order valence-electron chi connectivity index (χ3n) is 4.01. The average Bonchev–Trinajstić information content (AvgIpc) is 2.84. The fourth-order valence-corrected chi connectivity index (χ4v) is 2.67. The summed E-state index contributed by atoms with van der Waals surface area (Å²) in [5.74, 6) is 0.201. The number of hydrogen-bond donors (Lipinski definition) is 3. The summed E-state index contributed by atoms with van der Waals surface area (Å²) in [5, 5.41) is 9.94. The van der Waals surface area contributed by atoms with Crippen molar-refractivity contribution in [2.24, 2.45) is 0 Å². The minimum Gasteiger partial charge on any atom is -0.352 e. The average molecular weight is 283 g/mol. The van der Waals surface area contributed by atoms with Gasteiger partial charge in [0, 0.05) is 38.1 Å². The lowest BCUT2D eigenvalue weighted by atomic mass is 10.1. The third kappa shape index (κ3) is 8.54. The van der Waals surface area contributed by atoms with Crippen LogP contribution >= 0.6 is 0 Å². The van der Waals surface area contributed by atoms with Crippen molar-refractivity contribution in [2.75, 3.05) is 19.6 Å². The lowest BCUT2D eigenvalue weighted by Crippen LogP contribution is -2.39. The van der Waals surface area contributed by atoms with Gasteiger partial charge in [0.25, 0.3) is 0 Å². The number of nitrogens with one attached hydrogen (secondary N) is 3. The van der Waals surface area contributed by atoms with Gasteiger partial charge in [0.05, 0.1) is 0 Å². The second-order valence-electron chi connectivity index (χ2n) is 6.07. The van der Waals surface area contributed by atoms with Crippen molar-refractivity contribution in [1.29, 1.82) is 0 Å². The molecule has 1 saturated heterocycles. The molecule has 0 saturated carbocycles. The molecule has 0 aromatic rings. The van der Waals surface area contributed by atoms with E-state index >= 15 is 0 Å². The first-order valence-corrected chi connectivity index (χ1v) is 8.45. The van der Waals surface area contributed by atoms with Crippen molar-refractivity contribution in [3.63, 3.8) is 0 Å². The smallest absolute Gasteiger partial charge is 0.220 e. The molecule has 0 spiro atoms. The number of unbranched alkanes of at least 4 members (excludes halogenated alkanes) is 4. The number of rotatable bonds is 12. The topological polar surface area (TPSA) is 53.2 Å². The molecule has 0 aromatic heterocycles. The molecular formula is C16H33N3O. The number of hydrogen-bond acceptors (Lipinski definition) is 3. The summed E-state index contributed by atoms with van der Waals surface area (Å²) < 4.78 is 0. The largest absolute Gasteiger partial charge is 0.352 e. The Morgan fingerprint density at radius 1 is 1.25 bits per heavy atom. The zero-order valence-electron chi connectivity index (χ0n) is 13.3. The Labute approximate surface area is 124 Å². The van der Waals surface area contributed by atoms with Crippen LogP contribution in [0.2, 0.25) is 0 Å². The van der Waals surface area contributed by atoms with Gasteiger partial charge in [0.1, 0.15) is 0 Å². The Morgan fingerprint density at radius 3 is 2.75 bits per heavy atom.